The van der Waals surface area contributed by atoms with E-state index in [0.29, 0.717) is 11.4 Å². The summed E-state index contributed by atoms with van der Waals surface area (Å²) in [7, 11) is 5.28. The highest BCUT2D eigenvalue weighted by Crippen LogP contribution is 2.24. The fourth-order valence-electron chi connectivity index (χ4n) is 2.66. The van der Waals surface area contributed by atoms with Crippen molar-refractivity contribution < 1.29 is 9.53 Å². The van der Waals surface area contributed by atoms with E-state index in [9.17, 15) is 4.79 Å². The molecule has 1 aliphatic heterocycles. The first-order chi connectivity index (χ1) is 9.99. The van der Waals surface area contributed by atoms with Crippen molar-refractivity contribution in [3.63, 3.8) is 0 Å². The number of halogens is 1. The van der Waals surface area contributed by atoms with E-state index in [0.717, 1.165) is 25.3 Å². The number of rotatable bonds is 5. The second-order valence-electron chi connectivity index (χ2n) is 5.69. The molecule has 0 aliphatic carbocycles. The Balaban J connectivity index is 1.94. The van der Waals surface area contributed by atoms with Gasteiger partial charge in [0.05, 0.1) is 16.8 Å². The summed E-state index contributed by atoms with van der Waals surface area (Å²) < 4.78 is 5.54. The summed E-state index contributed by atoms with van der Waals surface area (Å²) in [6, 6.07) is 3.78. The minimum Gasteiger partial charge on any atom is -0.380 e. The smallest absolute Gasteiger partial charge is 0.222 e. The molecule has 0 N–H and O–H groups in total. The largest absolute Gasteiger partial charge is 0.380 e. The molecular weight excluding hydrogens is 290 g/mol. The topological polar surface area (TPSA) is 45.7 Å². The van der Waals surface area contributed by atoms with Crippen LogP contribution in [0.15, 0.2) is 18.3 Å². The molecular formula is C15H22ClN3O2. The molecule has 6 heteroatoms. The Kier molecular flexibility index (Phi) is 5.56. The van der Waals surface area contributed by atoms with Crippen molar-refractivity contribution in [3.05, 3.63) is 29.0 Å². The number of carbonyl (C=O) groups is 1. The van der Waals surface area contributed by atoms with E-state index in [1.165, 1.54) is 0 Å². The van der Waals surface area contributed by atoms with Crippen LogP contribution in [0.5, 0.6) is 0 Å². The molecule has 0 bridgehead atoms. The molecule has 1 aromatic rings. The highest BCUT2D eigenvalue weighted by atomic mass is 35.5. The Labute approximate surface area is 130 Å². The lowest BCUT2D eigenvalue weighted by Gasteiger charge is -2.18. The van der Waals surface area contributed by atoms with E-state index in [2.05, 4.69) is 9.88 Å². The third-order valence-electron chi connectivity index (χ3n) is 3.87. The lowest BCUT2D eigenvalue weighted by Crippen LogP contribution is -2.29. The molecule has 2 atom stereocenters. The molecule has 1 aliphatic rings. The van der Waals surface area contributed by atoms with Crippen LogP contribution in [0.3, 0.4) is 0 Å². The normalized spacial score (nSPS) is 22.5. The molecule has 0 spiro atoms. The van der Waals surface area contributed by atoms with Crippen molar-refractivity contribution in [1.82, 2.24) is 14.8 Å². The van der Waals surface area contributed by atoms with Crippen LogP contribution >= 0.6 is 11.6 Å². The highest BCUT2D eigenvalue weighted by Gasteiger charge is 2.34. The first kappa shape index (κ1) is 16.2. The maximum atomic E-state index is 11.9. The van der Waals surface area contributed by atoms with E-state index in [-0.39, 0.29) is 17.9 Å². The second kappa shape index (κ2) is 7.20. The summed E-state index contributed by atoms with van der Waals surface area (Å²) >= 11 is 5.85. The first-order valence-electron chi connectivity index (χ1n) is 7.05. The third-order valence-corrected chi connectivity index (χ3v) is 4.09. The zero-order valence-electron chi connectivity index (χ0n) is 12.8. The van der Waals surface area contributed by atoms with E-state index >= 15 is 0 Å². The van der Waals surface area contributed by atoms with Crippen LogP contribution in [-0.4, -0.2) is 61.1 Å². The molecule has 116 valence electrons. The average molecular weight is 312 g/mol. The van der Waals surface area contributed by atoms with Crippen LogP contribution in [0.1, 0.15) is 12.1 Å². The van der Waals surface area contributed by atoms with Crippen molar-refractivity contribution >= 4 is 17.5 Å². The fourth-order valence-corrected chi connectivity index (χ4v) is 2.77. The van der Waals surface area contributed by atoms with E-state index in [1.54, 1.807) is 32.3 Å². The summed E-state index contributed by atoms with van der Waals surface area (Å²) in [6.07, 6.45) is 2.28. The highest BCUT2D eigenvalue weighted by molar-refractivity contribution is 6.30. The minimum absolute atomic E-state index is 0.0983. The SMILES string of the molecule is CO[C@H]1CN(Cc2ccc(Cl)cn2)C[C@H]1CC(=O)N(C)C. The fraction of sp³-hybridized carbons (Fsp3) is 0.600. The van der Waals surface area contributed by atoms with Gasteiger partial charge in [-0.2, -0.15) is 0 Å². The summed E-state index contributed by atoms with van der Waals surface area (Å²) in [4.78, 5) is 20.1. The number of methoxy groups -OCH3 is 1. The van der Waals surface area contributed by atoms with Gasteiger partial charge in [-0.15, -0.1) is 0 Å². The van der Waals surface area contributed by atoms with Gasteiger partial charge < -0.3 is 9.64 Å². The number of aromatic nitrogens is 1. The molecule has 0 radical (unpaired) electrons. The van der Waals surface area contributed by atoms with Crippen LogP contribution in [0.2, 0.25) is 5.02 Å². The Morgan fingerprint density at radius 2 is 2.24 bits per heavy atom. The Morgan fingerprint density at radius 1 is 1.48 bits per heavy atom. The molecule has 2 rings (SSSR count). The number of pyridine rings is 1. The first-order valence-corrected chi connectivity index (χ1v) is 7.43. The molecule has 1 aromatic heterocycles. The number of nitrogens with zero attached hydrogens (tertiary/aromatic N) is 3. The van der Waals surface area contributed by atoms with Gasteiger partial charge in [0, 0.05) is 59.4 Å². The zero-order chi connectivity index (χ0) is 15.4. The minimum atomic E-state index is 0.0983. The van der Waals surface area contributed by atoms with Gasteiger partial charge in [0.1, 0.15) is 0 Å². The molecule has 1 fully saturated rings. The number of ether oxygens (including phenoxy) is 1. The quantitative estimate of drug-likeness (QED) is 0.829. The second-order valence-corrected chi connectivity index (χ2v) is 6.12. The van der Waals surface area contributed by atoms with Crippen molar-refractivity contribution in [3.8, 4) is 0 Å². The average Bonchev–Trinajstić information content (AvgIpc) is 2.83. The predicted molar refractivity (Wildman–Crippen MR) is 82.1 cm³/mol. The van der Waals surface area contributed by atoms with E-state index in [4.69, 9.17) is 16.3 Å². The molecule has 2 heterocycles. The standard InChI is InChI=1S/C15H22ClN3O2/c1-18(2)15(20)6-11-8-19(10-14(11)21-3)9-13-5-4-12(16)7-17-13/h4-5,7,11,14H,6,8-10H2,1-3H3/t11-,14+/m1/s1. The maximum Gasteiger partial charge on any atom is 0.222 e. The number of hydrogen-bond donors (Lipinski definition) is 0. The Bertz CT molecular complexity index is 478. The Morgan fingerprint density at radius 3 is 2.81 bits per heavy atom. The van der Waals surface area contributed by atoms with Crippen molar-refractivity contribution in [2.45, 2.75) is 19.1 Å². The van der Waals surface area contributed by atoms with Crippen molar-refractivity contribution in [2.75, 3.05) is 34.3 Å². The summed E-state index contributed by atoms with van der Waals surface area (Å²) in [6.45, 7) is 2.43. The van der Waals surface area contributed by atoms with Gasteiger partial charge in [0.2, 0.25) is 5.91 Å². The molecule has 0 aromatic carbocycles. The summed E-state index contributed by atoms with van der Waals surface area (Å²) in [5.74, 6) is 0.380. The van der Waals surface area contributed by atoms with Crippen LogP contribution in [0.25, 0.3) is 0 Å². The number of amides is 1. The van der Waals surface area contributed by atoms with Gasteiger partial charge in [-0.05, 0) is 12.1 Å². The van der Waals surface area contributed by atoms with Crippen molar-refractivity contribution in [1.29, 1.82) is 0 Å². The van der Waals surface area contributed by atoms with Crippen LogP contribution in [0.4, 0.5) is 0 Å². The molecule has 21 heavy (non-hydrogen) atoms. The van der Waals surface area contributed by atoms with Gasteiger partial charge >= 0.3 is 0 Å². The lowest BCUT2D eigenvalue weighted by atomic mass is 10.0. The molecule has 0 saturated carbocycles. The van der Waals surface area contributed by atoms with Crippen LogP contribution in [0, 0.1) is 5.92 Å². The van der Waals surface area contributed by atoms with Gasteiger partial charge in [0.25, 0.3) is 0 Å². The molecule has 1 amide bonds. The summed E-state index contributed by atoms with van der Waals surface area (Å²) in [5.41, 5.74) is 0.980. The van der Waals surface area contributed by atoms with Gasteiger partial charge in [-0.1, -0.05) is 11.6 Å². The lowest BCUT2D eigenvalue weighted by molar-refractivity contribution is -0.130. The van der Waals surface area contributed by atoms with E-state index < -0.39 is 0 Å². The van der Waals surface area contributed by atoms with Gasteiger partial charge in [-0.25, -0.2) is 0 Å². The predicted octanol–water partition coefficient (Wildman–Crippen LogP) is 1.66. The number of likely N-dealkylation sites (tertiary alicyclic amines) is 1. The summed E-state index contributed by atoms with van der Waals surface area (Å²) in [5, 5.41) is 0.643. The zero-order valence-corrected chi connectivity index (χ0v) is 13.5. The molecule has 1 saturated heterocycles. The Hall–Kier alpha value is -1.17. The van der Waals surface area contributed by atoms with Crippen LogP contribution in [-0.2, 0) is 16.1 Å². The van der Waals surface area contributed by atoms with E-state index in [1.807, 2.05) is 12.1 Å². The number of hydrogen-bond acceptors (Lipinski definition) is 4. The third kappa shape index (κ3) is 4.40. The van der Waals surface area contributed by atoms with Crippen molar-refractivity contribution in [2.24, 2.45) is 5.92 Å². The van der Waals surface area contributed by atoms with Gasteiger partial charge in [-0.3, -0.25) is 14.7 Å². The monoisotopic (exact) mass is 311 g/mol. The number of carbonyl (C=O) groups excluding carboxylic acids is 1. The molecule has 5 nitrogen and oxygen atoms in total. The molecule has 0 unspecified atom stereocenters. The van der Waals surface area contributed by atoms with Gasteiger partial charge in [0.15, 0.2) is 0 Å². The van der Waals surface area contributed by atoms with Crippen LogP contribution < -0.4 is 0 Å². The maximum absolute atomic E-state index is 11.9.